The predicted molar refractivity (Wildman–Crippen MR) is 95.0 cm³/mol. The second kappa shape index (κ2) is 6.97. The van der Waals surface area contributed by atoms with Crippen LogP contribution in [-0.2, 0) is 16.0 Å². The summed E-state index contributed by atoms with van der Waals surface area (Å²) in [6, 6.07) is 14.5. The molecule has 2 aromatic carbocycles. The molecule has 1 aliphatic rings. The summed E-state index contributed by atoms with van der Waals surface area (Å²) in [6.07, 6.45) is -0.0642. The van der Waals surface area contributed by atoms with E-state index in [0.29, 0.717) is 11.3 Å². The molecule has 3 rings (SSSR count). The van der Waals surface area contributed by atoms with Crippen molar-refractivity contribution < 1.29 is 19.1 Å². The Morgan fingerprint density at radius 2 is 1.92 bits per heavy atom. The van der Waals surface area contributed by atoms with Gasteiger partial charge in [0, 0.05) is 11.7 Å². The molecule has 0 saturated heterocycles. The van der Waals surface area contributed by atoms with Crippen LogP contribution in [0.2, 0.25) is 0 Å². The lowest BCUT2D eigenvalue weighted by molar-refractivity contribution is -0.126. The summed E-state index contributed by atoms with van der Waals surface area (Å²) in [5.74, 6) is -0.191. The fourth-order valence-corrected chi connectivity index (χ4v) is 3.13. The molecule has 0 N–H and O–H groups in total. The standard InChI is InChI=1S/C20H21NO4/c1-13-11-15-7-4-5-10-18(15)21(13)19(22)14(2)25-20(23)16-8-6-9-17(12-16)24-3/h4-10,12-14H,11H2,1-3H3/t13-,14+/m0/s1. The van der Waals surface area contributed by atoms with Crippen molar-refractivity contribution in [1.82, 2.24) is 0 Å². The molecule has 0 aromatic heterocycles. The molecule has 2 atom stereocenters. The molecule has 2 aromatic rings. The van der Waals surface area contributed by atoms with Gasteiger partial charge >= 0.3 is 5.97 Å². The molecule has 0 fully saturated rings. The van der Waals surface area contributed by atoms with Crippen molar-refractivity contribution in [3.63, 3.8) is 0 Å². The summed E-state index contributed by atoms with van der Waals surface area (Å²) in [4.78, 5) is 26.9. The first-order valence-corrected chi connectivity index (χ1v) is 8.27. The first-order valence-electron chi connectivity index (χ1n) is 8.27. The average Bonchev–Trinajstić information content (AvgIpc) is 2.96. The van der Waals surface area contributed by atoms with Crippen molar-refractivity contribution in [2.24, 2.45) is 0 Å². The molecule has 0 radical (unpaired) electrons. The first kappa shape index (κ1) is 17.0. The van der Waals surface area contributed by atoms with Gasteiger partial charge in [0.1, 0.15) is 5.75 Å². The number of carbonyl (C=O) groups excluding carboxylic acids is 2. The number of fused-ring (bicyclic) bond motifs is 1. The van der Waals surface area contributed by atoms with Gasteiger partial charge in [0.2, 0.25) is 0 Å². The second-order valence-electron chi connectivity index (χ2n) is 6.17. The van der Waals surface area contributed by atoms with Gasteiger partial charge in [0.25, 0.3) is 5.91 Å². The van der Waals surface area contributed by atoms with E-state index in [0.717, 1.165) is 17.7 Å². The molecule has 5 heteroatoms. The monoisotopic (exact) mass is 339 g/mol. The summed E-state index contributed by atoms with van der Waals surface area (Å²) in [6.45, 7) is 3.60. The summed E-state index contributed by atoms with van der Waals surface area (Å²) < 4.78 is 10.5. The number of hydrogen-bond acceptors (Lipinski definition) is 4. The largest absolute Gasteiger partial charge is 0.497 e. The topological polar surface area (TPSA) is 55.8 Å². The molecule has 1 heterocycles. The van der Waals surface area contributed by atoms with Crippen LogP contribution in [-0.4, -0.2) is 31.1 Å². The highest BCUT2D eigenvalue weighted by molar-refractivity contribution is 6.01. The zero-order valence-electron chi connectivity index (χ0n) is 14.6. The highest BCUT2D eigenvalue weighted by Crippen LogP contribution is 2.32. The molecule has 0 aliphatic carbocycles. The zero-order valence-corrected chi connectivity index (χ0v) is 14.6. The van der Waals surface area contributed by atoms with Crippen molar-refractivity contribution >= 4 is 17.6 Å². The third kappa shape index (κ3) is 3.36. The Morgan fingerprint density at radius 1 is 1.16 bits per heavy atom. The number of carbonyl (C=O) groups is 2. The van der Waals surface area contributed by atoms with E-state index < -0.39 is 12.1 Å². The number of methoxy groups -OCH3 is 1. The van der Waals surface area contributed by atoms with Crippen LogP contribution in [0.5, 0.6) is 5.75 Å². The summed E-state index contributed by atoms with van der Waals surface area (Å²) in [5, 5.41) is 0. The predicted octanol–water partition coefficient (Wildman–Crippen LogP) is 3.22. The van der Waals surface area contributed by atoms with Crippen molar-refractivity contribution in [3.05, 3.63) is 59.7 Å². The van der Waals surface area contributed by atoms with Crippen LogP contribution in [0.25, 0.3) is 0 Å². The number of nitrogens with zero attached hydrogens (tertiary/aromatic N) is 1. The number of benzene rings is 2. The van der Waals surface area contributed by atoms with Gasteiger partial charge in [-0.2, -0.15) is 0 Å². The number of hydrogen-bond donors (Lipinski definition) is 0. The molecular formula is C20H21NO4. The quantitative estimate of drug-likeness (QED) is 0.803. The van der Waals surface area contributed by atoms with E-state index in [2.05, 4.69) is 0 Å². The molecular weight excluding hydrogens is 318 g/mol. The highest BCUT2D eigenvalue weighted by atomic mass is 16.5. The number of amides is 1. The maximum atomic E-state index is 12.8. The van der Waals surface area contributed by atoms with E-state index >= 15 is 0 Å². The van der Waals surface area contributed by atoms with E-state index in [1.54, 1.807) is 36.1 Å². The minimum Gasteiger partial charge on any atom is -0.497 e. The molecule has 25 heavy (non-hydrogen) atoms. The Labute approximate surface area is 147 Å². The Morgan fingerprint density at radius 3 is 2.68 bits per heavy atom. The van der Waals surface area contributed by atoms with E-state index in [9.17, 15) is 9.59 Å². The van der Waals surface area contributed by atoms with Gasteiger partial charge in [-0.05, 0) is 50.1 Å². The number of rotatable bonds is 4. The summed E-state index contributed by atoms with van der Waals surface area (Å²) in [7, 11) is 1.53. The van der Waals surface area contributed by atoms with E-state index in [1.165, 1.54) is 7.11 Å². The van der Waals surface area contributed by atoms with Gasteiger partial charge in [0.15, 0.2) is 6.10 Å². The second-order valence-corrected chi connectivity index (χ2v) is 6.17. The Kier molecular flexibility index (Phi) is 4.74. The number of para-hydroxylation sites is 1. The minimum atomic E-state index is -0.868. The van der Waals surface area contributed by atoms with Gasteiger partial charge < -0.3 is 14.4 Å². The van der Waals surface area contributed by atoms with E-state index in [4.69, 9.17) is 9.47 Å². The lowest BCUT2D eigenvalue weighted by Crippen LogP contribution is -2.43. The molecule has 1 aliphatic heterocycles. The third-order valence-electron chi connectivity index (χ3n) is 4.38. The van der Waals surface area contributed by atoms with Gasteiger partial charge in [-0.15, -0.1) is 0 Å². The Bertz CT molecular complexity index is 802. The van der Waals surface area contributed by atoms with Crippen LogP contribution in [0.4, 0.5) is 5.69 Å². The molecule has 0 unspecified atom stereocenters. The molecule has 5 nitrogen and oxygen atoms in total. The maximum Gasteiger partial charge on any atom is 0.339 e. The fraction of sp³-hybridized carbons (Fsp3) is 0.300. The number of esters is 1. The summed E-state index contributed by atoms with van der Waals surface area (Å²) >= 11 is 0. The minimum absolute atomic E-state index is 0.0443. The molecule has 0 spiro atoms. The van der Waals surface area contributed by atoms with Crippen molar-refractivity contribution in [2.75, 3.05) is 12.0 Å². The Hall–Kier alpha value is -2.82. The molecule has 1 amide bonds. The normalized spacial score (nSPS) is 16.9. The van der Waals surface area contributed by atoms with Crippen molar-refractivity contribution in [1.29, 1.82) is 0 Å². The zero-order chi connectivity index (χ0) is 18.0. The molecule has 0 bridgehead atoms. The average molecular weight is 339 g/mol. The first-order chi connectivity index (χ1) is 12.0. The molecule has 0 saturated carbocycles. The van der Waals surface area contributed by atoms with Gasteiger partial charge in [-0.25, -0.2) is 4.79 Å². The van der Waals surface area contributed by atoms with Crippen LogP contribution in [0.1, 0.15) is 29.8 Å². The third-order valence-corrected chi connectivity index (χ3v) is 4.38. The lowest BCUT2D eigenvalue weighted by Gasteiger charge is -2.26. The van der Waals surface area contributed by atoms with Gasteiger partial charge in [-0.1, -0.05) is 24.3 Å². The van der Waals surface area contributed by atoms with Crippen LogP contribution >= 0.6 is 0 Å². The Balaban J connectivity index is 1.73. The van der Waals surface area contributed by atoms with Crippen LogP contribution in [0, 0.1) is 0 Å². The fourth-order valence-electron chi connectivity index (χ4n) is 3.13. The summed E-state index contributed by atoms with van der Waals surface area (Å²) in [5.41, 5.74) is 2.38. The van der Waals surface area contributed by atoms with Crippen LogP contribution in [0.15, 0.2) is 48.5 Å². The lowest BCUT2D eigenvalue weighted by atomic mass is 10.1. The number of ether oxygens (including phenoxy) is 2. The molecule has 130 valence electrons. The highest BCUT2D eigenvalue weighted by Gasteiger charge is 2.34. The van der Waals surface area contributed by atoms with Crippen LogP contribution < -0.4 is 9.64 Å². The smallest absolute Gasteiger partial charge is 0.339 e. The number of anilines is 1. The van der Waals surface area contributed by atoms with Gasteiger partial charge in [0.05, 0.1) is 12.7 Å². The van der Waals surface area contributed by atoms with E-state index in [-0.39, 0.29) is 11.9 Å². The van der Waals surface area contributed by atoms with Crippen molar-refractivity contribution in [3.8, 4) is 5.75 Å². The van der Waals surface area contributed by atoms with Crippen LogP contribution in [0.3, 0.4) is 0 Å². The van der Waals surface area contributed by atoms with E-state index in [1.807, 2.05) is 31.2 Å². The van der Waals surface area contributed by atoms with Crippen molar-refractivity contribution in [2.45, 2.75) is 32.4 Å². The SMILES string of the molecule is COc1cccc(C(=O)O[C@H](C)C(=O)N2c3ccccc3C[C@@H]2C)c1. The van der Waals surface area contributed by atoms with Gasteiger partial charge in [-0.3, -0.25) is 4.79 Å². The maximum absolute atomic E-state index is 12.8.